The molecule has 8 heteroatoms. The van der Waals surface area contributed by atoms with Crippen LogP contribution in [0.4, 0.5) is 0 Å². The summed E-state index contributed by atoms with van der Waals surface area (Å²) in [4.78, 5) is 0. The van der Waals surface area contributed by atoms with Crippen molar-refractivity contribution in [3.05, 3.63) is 53.3 Å². The van der Waals surface area contributed by atoms with E-state index in [1.54, 1.807) is 0 Å². The Bertz CT molecular complexity index is 862. The van der Waals surface area contributed by atoms with Gasteiger partial charge in [0, 0.05) is 5.41 Å². The van der Waals surface area contributed by atoms with E-state index < -0.39 is 0 Å². The van der Waals surface area contributed by atoms with E-state index in [9.17, 15) is 0 Å². The lowest BCUT2D eigenvalue weighted by atomic mass is 9.73. The van der Waals surface area contributed by atoms with Gasteiger partial charge in [-0.25, -0.2) is 0 Å². The van der Waals surface area contributed by atoms with Gasteiger partial charge in [0.2, 0.25) is 0 Å². The molecule has 1 saturated carbocycles. The average Bonchev–Trinajstić information content (AvgIpc) is 3.66. The van der Waals surface area contributed by atoms with Crippen LogP contribution in [0.15, 0.2) is 42.2 Å². The Kier molecular flexibility index (Phi) is 6.77. The molecule has 3 aliphatic rings. The second-order valence-electron chi connectivity index (χ2n) is 8.36. The van der Waals surface area contributed by atoms with Crippen molar-refractivity contribution in [2.24, 2.45) is 0 Å². The van der Waals surface area contributed by atoms with E-state index in [0.29, 0.717) is 13.2 Å². The minimum atomic E-state index is -0.0493. The Morgan fingerprint density at radius 2 is 1.06 bits per heavy atom. The van der Waals surface area contributed by atoms with Crippen molar-refractivity contribution in [2.45, 2.75) is 43.3 Å². The van der Waals surface area contributed by atoms with Crippen LogP contribution < -0.4 is 9.47 Å². The molecule has 0 radical (unpaired) electrons. The largest absolute Gasteiger partial charge is 0.488 e. The molecule has 0 aromatic heterocycles. The third-order valence-electron chi connectivity index (χ3n) is 6.19. The molecule has 31 heavy (non-hydrogen) atoms. The van der Waals surface area contributed by atoms with Gasteiger partial charge >= 0.3 is 0 Å². The second-order valence-corrected chi connectivity index (χ2v) is 11.8. The lowest BCUT2D eigenvalue weighted by Gasteiger charge is -2.32. The van der Waals surface area contributed by atoms with Crippen LogP contribution in [0.1, 0.15) is 36.8 Å². The molecule has 2 saturated heterocycles. The molecule has 2 unspecified atom stereocenters. The van der Waals surface area contributed by atoms with Crippen molar-refractivity contribution < 1.29 is 18.9 Å². The van der Waals surface area contributed by atoms with Gasteiger partial charge in [-0.05, 0) is 112 Å². The van der Waals surface area contributed by atoms with Crippen molar-refractivity contribution in [3.63, 3.8) is 0 Å². The number of benzene rings is 2. The quantitative estimate of drug-likeness (QED) is 0.278. The first-order valence-corrected chi connectivity index (χ1v) is 13.6. The predicted molar refractivity (Wildman–Crippen MR) is 133 cm³/mol. The fraction of sp³-hybridized carbons (Fsp3) is 0.478. The lowest BCUT2D eigenvalue weighted by molar-refractivity contribution is 0.260. The minimum absolute atomic E-state index is 0.0493. The number of hydrogen-bond acceptors (Lipinski definition) is 4. The Morgan fingerprint density at radius 1 is 0.710 bits per heavy atom. The summed E-state index contributed by atoms with van der Waals surface area (Å²) < 4.78 is 26.4. The molecule has 0 spiro atoms. The topological polar surface area (TPSA) is 43.5 Å². The van der Waals surface area contributed by atoms with Crippen molar-refractivity contribution in [2.75, 3.05) is 26.4 Å². The number of rotatable bonds is 8. The van der Waals surface area contributed by atoms with Gasteiger partial charge in [-0.15, -0.1) is 0 Å². The van der Waals surface area contributed by atoms with Gasteiger partial charge < -0.3 is 18.9 Å². The van der Waals surface area contributed by atoms with Gasteiger partial charge in [-0.2, -0.15) is 0 Å². The molecular formula is C23H22Br4O4. The third-order valence-corrected chi connectivity index (χ3v) is 8.55. The first kappa shape index (κ1) is 22.7. The zero-order valence-electron chi connectivity index (χ0n) is 16.8. The van der Waals surface area contributed by atoms with E-state index in [1.165, 1.54) is 24.0 Å². The Labute approximate surface area is 215 Å². The smallest absolute Gasteiger partial charge is 0.147 e. The maximum atomic E-state index is 5.99. The van der Waals surface area contributed by atoms with Crippen LogP contribution in [0.3, 0.4) is 0 Å². The Balaban J connectivity index is 1.48. The van der Waals surface area contributed by atoms with E-state index in [1.807, 2.05) is 0 Å². The highest BCUT2D eigenvalue weighted by atomic mass is 79.9. The SMILES string of the molecule is Brc1cc(C2(c3cc(Br)c(OCC4CO4)c(Br)c3)CCCC2)cc(Br)c1OCC1CO1. The van der Waals surface area contributed by atoms with Crippen LogP contribution in [0, 0.1) is 0 Å². The molecule has 0 bridgehead atoms. The standard InChI is InChI=1S/C23H22Br4O4/c24-17-5-13(6-18(25)21(17)30-11-15-9-28-15)23(3-1-2-4-23)14-7-19(26)22(20(27)8-14)31-12-16-10-29-16/h5-8,15-16H,1-4,9-12H2. The van der Waals surface area contributed by atoms with Gasteiger partial charge in [0.1, 0.15) is 36.9 Å². The molecule has 2 aromatic rings. The first-order chi connectivity index (χ1) is 15.0. The molecular weight excluding hydrogens is 660 g/mol. The molecule has 166 valence electrons. The van der Waals surface area contributed by atoms with Gasteiger partial charge in [0.15, 0.2) is 0 Å². The summed E-state index contributed by atoms with van der Waals surface area (Å²) in [5.74, 6) is 1.67. The van der Waals surface area contributed by atoms with Crippen LogP contribution in [-0.2, 0) is 14.9 Å². The molecule has 2 atom stereocenters. The number of epoxide rings is 2. The van der Waals surface area contributed by atoms with E-state index in [-0.39, 0.29) is 17.6 Å². The fourth-order valence-corrected chi connectivity index (χ4v) is 7.18. The highest BCUT2D eigenvalue weighted by molar-refractivity contribution is 9.11. The zero-order chi connectivity index (χ0) is 21.6. The molecule has 2 heterocycles. The van der Waals surface area contributed by atoms with Crippen molar-refractivity contribution in [3.8, 4) is 11.5 Å². The number of hydrogen-bond donors (Lipinski definition) is 0. The number of halogens is 4. The summed E-state index contributed by atoms with van der Waals surface area (Å²) in [6, 6.07) is 8.87. The highest BCUT2D eigenvalue weighted by Crippen LogP contribution is 2.51. The van der Waals surface area contributed by atoms with Crippen LogP contribution in [-0.4, -0.2) is 38.6 Å². The molecule has 4 nitrogen and oxygen atoms in total. The Morgan fingerprint density at radius 3 is 1.39 bits per heavy atom. The summed E-state index contributed by atoms with van der Waals surface area (Å²) in [6.45, 7) is 2.73. The summed E-state index contributed by atoms with van der Waals surface area (Å²) in [6.07, 6.45) is 5.08. The lowest BCUT2D eigenvalue weighted by Crippen LogP contribution is -2.24. The van der Waals surface area contributed by atoms with Gasteiger partial charge in [0.05, 0.1) is 31.1 Å². The van der Waals surface area contributed by atoms with Gasteiger partial charge in [-0.3, -0.25) is 0 Å². The molecule has 5 rings (SSSR count). The molecule has 2 aliphatic heterocycles. The van der Waals surface area contributed by atoms with E-state index in [2.05, 4.69) is 88.0 Å². The second kappa shape index (κ2) is 9.26. The average molecular weight is 682 g/mol. The predicted octanol–water partition coefficient (Wildman–Crippen LogP) is 7.15. The normalized spacial score (nSPS) is 23.6. The highest BCUT2D eigenvalue weighted by Gasteiger charge is 2.39. The molecule has 2 aromatic carbocycles. The fourth-order valence-electron chi connectivity index (χ4n) is 4.35. The number of ether oxygens (including phenoxy) is 4. The van der Waals surface area contributed by atoms with Crippen LogP contribution in [0.2, 0.25) is 0 Å². The zero-order valence-corrected chi connectivity index (χ0v) is 23.1. The maximum absolute atomic E-state index is 5.99. The first-order valence-electron chi connectivity index (χ1n) is 10.4. The van der Waals surface area contributed by atoms with Gasteiger partial charge in [-0.1, -0.05) is 12.8 Å². The Hall–Kier alpha value is -0.120. The van der Waals surface area contributed by atoms with E-state index in [4.69, 9.17) is 18.9 Å². The monoisotopic (exact) mass is 678 g/mol. The molecule has 0 amide bonds. The maximum Gasteiger partial charge on any atom is 0.147 e. The van der Waals surface area contributed by atoms with Crippen molar-refractivity contribution in [1.29, 1.82) is 0 Å². The van der Waals surface area contributed by atoms with Crippen molar-refractivity contribution in [1.82, 2.24) is 0 Å². The van der Waals surface area contributed by atoms with Crippen LogP contribution >= 0.6 is 63.7 Å². The molecule has 3 fully saturated rings. The van der Waals surface area contributed by atoms with E-state index in [0.717, 1.165) is 55.4 Å². The summed E-state index contributed by atoms with van der Waals surface area (Å²) in [5.41, 5.74) is 2.53. The summed E-state index contributed by atoms with van der Waals surface area (Å²) in [5, 5.41) is 0. The minimum Gasteiger partial charge on any atom is -0.488 e. The summed E-state index contributed by atoms with van der Waals surface area (Å²) in [7, 11) is 0. The van der Waals surface area contributed by atoms with Crippen molar-refractivity contribution >= 4 is 63.7 Å². The summed E-state index contributed by atoms with van der Waals surface area (Å²) >= 11 is 15.0. The van der Waals surface area contributed by atoms with E-state index >= 15 is 0 Å². The molecule has 0 N–H and O–H groups in total. The van der Waals surface area contributed by atoms with Gasteiger partial charge in [0.25, 0.3) is 0 Å². The molecule has 1 aliphatic carbocycles. The van der Waals surface area contributed by atoms with Crippen LogP contribution in [0.25, 0.3) is 0 Å². The van der Waals surface area contributed by atoms with Crippen LogP contribution in [0.5, 0.6) is 11.5 Å². The third kappa shape index (κ3) is 4.90.